The van der Waals surface area contributed by atoms with Crippen LogP contribution in [0.25, 0.3) is 12.2 Å². The normalized spacial score (nSPS) is 11.0. The first-order chi connectivity index (χ1) is 7.38. The third-order valence-corrected chi connectivity index (χ3v) is 2.06. The molecule has 0 aliphatic rings. The van der Waals surface area contributed by atoms with E-state index in [1.165, 1.54) is 0 Å². The molecule has 0 N–H and O–H groups in total. The summed E-state index contributed by atoms with van der Waals surface area (Å²) in [6.45, 7) is 0. The van der Waals surface area contributed by atoms with Gasteiger partial charge in [-0.2, -0.15) is 4.98 Å². The molecule has 0 atom stereocenters. The standard InChI is InChI=1S/C11H9ClN2O/c12-8-10-13-11(15-14-10)7-6-9-4-2-1-3-5-9/h1-7H,8H2. The lowest BCUT2D eigenvalue weighted by molar-refractivity contribution is 0.405. The molecule has 76 valence electrons. The molecule has 0 radical (unpaired) electrons. The van der Waals surface area contributed by atoms with Crippen molar-refractivity contribution in [1.29, 1.82) is 0 Å². The van der Waals surface area contributed by atoms with E-state index in [9.17, 15) is 0 Å². The average Bonchev–Trinajstić information content (AvgIpc) is 2.76. The van der Waals surface area contributed by atoms with Crippen molar-refractivity contribution in [1.82, 2.24) is 10.1 Å². The Balaban J connectivity index is 2.11. The molecule has 2 rings (SSSR count). The fourth-order valence-corrected chi connectivity index (χ4v) is 1.23. The maximum atomic E-state index is 5.55. The summed E-state index contributed by atoms with van der Waals surface area (Å²) in [6.07, 6.45) is 3.67. The minimum Gasteiger partial charge on any atom is -0.335 e. The maximum Gasteiger partial charge on any atom is 0.250 e. The quantitative estimate of drug-likeness (QED) is 0.747. The van der Waals surface area contributed by atoms with Gasteiger partial charge in [-0.25, -0.2) is 0 Å². The summed E-state index contributed by atoms with van der Waals surface area (Å²) in [5.74, 6) is 1.24. The Morgan fingerprint density at radius 3 is 2.67 bits per heavy atom. The Morgan fingerprint density at radius 2 is 2.00 bits per heavy atom. The molecular weight excluding hydrogens is 212 g/mol. The van der Waals surface area contributed by atoms with Crippen LogP contribution in [-0.2, 0) is 5.88 Å². The molecule has 0 saturated carbocycles. The number of benzene rings is 1. The van der Waals surface area contributed by atoms with Crippen LogP contribution in [0, 0.1) is 0 Å². The van der Waals surface area contributed by atoms with Crippen molar-refractivity contribution < 1.29 is 4.52 Å². The van der Waals surface area contributed by atoms with Gasteiger partial charge in [0.05, 0.1) is 5.88 Å². The van der Waals surface area contributed by atoms with Crippen molar-refractivity contribution >= 4 is 23.8 Å². The van der Waals surface area contributed by atoms with E-state index in [4.69, 9.17) is 16.1 Å². The van der Waals surface area contributed by atoms with Crippen molar-refractivity contribution in [2.24, 2.45) is 0 Å². The first-order valence-corrected chi connectivity index (χ1v) is 5.03. The maximum absolute atomic E-state index is 5.55. The summed E-state index contributed by atoms with van der Waals surface area (Å²) in [6, 6.07) is 9.90. The molecule has 0 aliphatic carbocycles. The molecule has 1 heterocycles. The van der Waals surface area contributed by atoms with Crippen LogP contribution in [0.2, 0.25) is 0 Å². The van der Waals surface area contributed by atoms with Gasteiger partial charge in [0.2, 0.25) is 0 Å². The zero-order chi connectivity index (χ0) is 10.5. The minimum absolute atomic E-state index is 0.267. The Hall–Kier alpha value is -1.61. The SMILES string of the molecule is ClCc1noc(C=Cc2ccccc2)n1. The Morgan fingerprint density at radius 1 is 1.20 bits per heavy atom. The molecule has 4 heteroatoms. The highest BCUT2D eigenvalue weighted by molar-refractivity contribution is 6.16. The Labute approximate surface area is 92.4 Å². The van der Waals surface area contributed by atoms with E-state index in [-0.39, 0.29) is 5.88 Å². The molecule has 15 heavy (non-hydrogen) atoms. The molecule has 0 fully saturated rings. The van der Waals surface area contributed by atoms with Crippen LogP contribution < -0.4 is 0 Å². The summed E-state index contributed by atoms with van der Waals surface area (Å²) < 4.78 is 4.94. The summed E-state index contributed by atoms with van der Waals surface area (Å²) in [5.41, 5.74) is 1.09. The number of aromatic nitrogens is 2. The number of hydrogen-bond acceptors (Lipinski definition) is 3. The Bertz CT molecular complexity index is 451. The van der Waals surface area contributed by atoms with E-state index in [0.717, 1.165) is 5.56 Å². The smallest absolute Gasteiger partial charge is 0.250 e. The molecule has 0 spiro atoms. The Kier molecular flexibility index (Phi) is 3.15. The second kappa shape index (κ2) is 4.75. The van der Waals surface area contributed by atoms with Crippen molar-refractivity contribution in [3.05, 3.63) is 47.6 Å². The zero-order valence-corrected chi connectivity index (χ0v) is 8.69. The molecule has 1 aromatic carbocycles. The van der Waals surface area contributed by atoms with E-state index in [1.54, 1.807) is 6.08 Å². The van der Waals surface area contributed by atoms with Crippen LogP contribution in [-0.4, -0.2) is 10.1 Å². The van der Waals surface area contributed by atoms with E-state index in [1.807, 2.05) is 36.4 Å². The van der Waals surface area contributed by atoms with E-state index in [2.05, 4.69) is 10.1 Å². The van der Waals surface area contributed by atoms with Crippen LogP contribution in [0.3, 0.4) is 0 Å². The fourth-order valence-electron chi connectivity index (χ4n) is 1.12. The average molecular weight is 221 g/mol. The molecular formula is C11H9ClN2O. The van der Waals surface area contributed by atoms with Gasteiger partial charge in [-0.05, 0) is 11.6 Å². The molecule has 0 amide bonds. The predicted molar refractivity (Wildman–Crippen MR) is 59.2 cm³/mol. The molecule has 0 saturated heterocycles. The summed E-state index contributed by atoms with van der Waals surface area (Å²) >= 11 is 5.55. The van der Waals surface area contributed by atoms with E-state index in [0.29, 0.717) is 11.7 Å². The molecule has 0 aliphatic heterocycles. The number of alkyl halides is 1. The summed E-state index contributed by atoms with van der Waals surface area (Å²) in [7, 11) is 0. The highest BCUT2D eigenvalue weighted by Gasteiger charge is 2.00. The first kappa shape index (κ1) is 9.93. The van der Waals surface area contributed by atoms with Gasteiger partial charge in [0.25, 0.3) is 5.89 Å². The van der Waals surface area contributed by atoms with Crippen LogP contribution in [0.4, 0.5) is 0 Å². The molecule has 2 aromatic rings. The fraction of sp³-hybridized carbons (Fsp3) is 0.0909. The number of nitrogens with zero attached hydrogens (tertiary/aromatic N) is 2. The van der Waals surface area contributed by atoms with Gasteiger partial charge in [-0.15, -0.1) is 11.6 Å². The van der Waals surface area contributed by atoms with Crippen molar-refractivity contribution in [3.8, 4) is 0 Å². The topological polar surface area (TPSA) is 38.9 Å². The summed E-state index contributed by atoms with van der Waals surface area (Å²) in [5, 5.41) is 3.68. The number of rotatable bonds is 3. The van der Waals surface area contributed by atoms with Crippen molar-refractivity contribution in [2.45, 2.75) is 5.88 Å². The van der Waals surface area contributed by atoms with Gasteiger partial charge in [0.1, 0.15) is 0 Å². The third-order valence-electron chi connectivity index (χ3n) is 1.82. The van der Waals surface area contributed by atoms with Gasteiger partial charge < -0.3 is 4.52 Å². The second-order valence-electron chi connectivity index (χ2n) is 2.93. The van der Waals surface area contributed by atoms with Gasteiger partial charge in [0.15, 0.2) is 5.82 Å². The van der Waals surface area contributed by atoms with Crippen molar-refractivity contribution in [3.63, 3.8) is 0 Å². The summed E-state index contributed by atoms with van der Waals surface area (Å²) in [4.78, 5) is 4.05. The van der Waals surface area contributed by atoms with Crippen LogP contribution in [0.15, 0.2) is 34.9 Å². The van der Waals surface area contributed by atoms with E-state index < -0.39 is 0 Å². The lowest BCUT2D eigenvalue weighted by Crippen LogP contribution is -1.78. The van der Waals surface area contributed by atoms with Crippen molar-refractivity contribution in [2.75, 3.05) is 0 Å². The van der Waals surface area contributed by atoms with Gasteiger partial charge in [-0.1, -0.05) is 35.5 Å². The molecule has 0 unspecified atom stereocenters. The number of halogens is 1. The highest BCUT2D eigenvalue weighted by Crippen LogP contribution is 2.07. The van der Waals surface area contributed by atoms with Gasteiger partial charge in [0, 0.05) is 6.08 Å². The van der Waals surface area contributed by atoms with Crippen LogP contribution in [0.5, 0.6) is 0 Å². The second-order valence-corrected chi connectivity index (χ2v) is 3.19. The molecule has 0 bridgehead atoms. The molecule has 3 nitrogen and oxygen atoms in total. The third kappa shape index (κ3) is 2.67. The first-order valence-electron chi connectivity index (χ1n) is 4.50. The van der Waals surface area contributed by atoms with Crippen LogP contribution in [0.1, 0.15) is 17.3 Å². The van der Waals surface area contributed by atoms with Gasteiger partial charge >= 0.3 is 0 Å². The minimum atomic E-state index is 0.267. The monoisotopic (exact) mass is 220 g/mol. The van der Waals surface area contributed by atoms with Crippen LogP contribution >= 0.6 is 11.6 Å². The van der Waals surface area contributed by atoms with E-state index >= 15 is 0 Å². The predicted octanol–water partition coefficient (Wildman–Crippen LogP) is 2.98. The number of hydrogen-bond donors (Lipinski definition) is 0. The zero-order valence-electron chi connectivity index (χ0n) is 7.93. The van der Waals surface area contributed by atoms with Gasteiger partial charge in [-0.3, -0.25) is 0 Å². The molecule has 1 aromatic heterocycles. The lowest BCUT2D eigenvalue weighted by Gasteiger charge is -1.88. The largest absolute Gasteiger partial charge is 0.335 e. The highest BCUT2D eigenvalue weighted by atomic mass is 35.5. The lowest BCUT2D eigenvalue weighted by atomic mass is 10.2.